The quantitative estimate of drug-likeness (QED) is 0.887. The number of para-hydroxylation sites is 1. The summed E-state index contributed by atoms with van der Waals surface area (Å²) in [4.78, 5) is 2.43. The number of hydrogen-bond acceptors (Lipinski definition) is 4. The zero-order valence-electron chi connectivity index (χ0n) is 12.6. The van der Waals surface area contributed by atoms with Gasteiger partial charge in [0.05, 0.1) is 5.60 Å². The summed E-state index contributed by atoms with van der Waals surface area (Å²) >= 11 is 0. The summed E-state index contributed by atoms with van der Waals surface area (Å²) in [5.74, 6) is 1.36. The van der Waals surface area contributed by atoms with E-state index in [-0.39, 0.29) is 0 Å². The van der Waals surface area contributed by atoms with Crippen molar-refractivity contribution < 1.29 is 9.84 Å². The molecule has 1 aromatic rings. The Morgan fingerprint density at radius 2 is 2.24 bits per heavy atom. The maximum absolute atomic E-state index is 10.5. The third-order valence-electron chi connectivity index (χ3n) is 5.10. The average Bonchev–Trinajstić information content (AvgIpc) is 2.75. The van der Waals surface area contributed by atoms with Crippen LogP contribution >= 0.6 is 0 Å². The van der Waals surface area contributed by atoms with E-state index in [1.165, 1.54) is 5.56 Å². The molecule has 0 spiro atoms. The third kappa shape index (κ3) is 3.23. The van der Waals surface area contributed by atoms with Crippen molar-refractivity contribution in [1.29, 1.82) is 0 Å². The van der Waals surface area contributed by atoms with Gasteiger partial charge in [-0.2, -0.15) is 0 Å². The molecule has 3 N–H and O–H groups in total. The number of aliphatic hydroxyl groups is 1. The fourth-order valence-electron chi connectivity index (χ4n) is 3.72. The summed E-state index contributed by atoms with van der Waals surface area (Å²) in [6, 6.07) is 8.27. The zero-order chi connectivity index (χ0) is 14.7. The van der Waals surface area contributed by atoms with Crippen LogP contribution in [0.25, 0.3) is 0 Å². The van der Waals surface area contributed by atoms with Crippen molar-refractivity contribution in [2.24, 2.45) is 11.7 Å². The molecule has 3 rings (SSSR count). The summed E-state index contributed by atoms with van der Waals surface area (Å²) in [5.41, 5.74) is 6.41. The van der Waals surface area contributed by atoms with Crippen LogP contribution in [-0.2, 0) is 6.54 Å². The minimum atomic E-state index is -0.625. The summed E-state index contributed by atoms with van der Waals surface area (Å²) in [7, 11) is 0. The zero-order valence-corrected chi connectivity index (χ0v) is 12.6. The summed E-state index contributed by atoms with van der Waals surface area (Å²) in [6.07, 6.45) is 4.09. The number of fused-ring (bicyclic) bond motifs is 1. The first kappa shape index (κ1) is 14.8. The Kier molecular flexibility index (Phi) is 4.48. The second-order valence-electron chi connectivity index (χ2n) is 6.42. The number of rotatable bonds is 4. The second-order valence-corrected chi connectivity index (χ2v) is 6.42. The molecule has 0 radical (unpaired) electrons. The Morgan fingerprint density at radius 1 is 1.38 bits per heavy atom. The lowest BCUT2D eigenvalue weighted by Crippen LogP contribution is -2.42. The normalized spacial score (nSPS) is 29.7. The SMILES string of the molecule is NCC1(O)CCCC1CCN1CCOc2ccccc2C1. The Bertz CT molecular complexity index is 480. The second kappa shape index (κ2) is 6.34. The number of benzene rings is 1. The maximum atomic E-state index is 10.5. The minimum Gasteiger partial charge on any atom is -0.492 e. The van der Waals surface area contributed by atoms with E-state index in [0.717, 1.165) is 57.7 Å². The molecule has 4 heteroatoms. The van der Waals surface area contributed by atoms with Crippen LogP contribution in [0.5, 0.6) is 5.75 Å². The molecule has 1 aliphatic carbocycles. The molecule has 2 atom stereocenters. The van der Waals surface area contributed by atoms with Crippen molar-refractivity contribution in [1.82, 2.24) is 4.90 Å². The van der Waals surface area contributed by atoms with E-state index in [1.807, 2.05) is 12.1 Å². The molecule has 2 unspecified atom stereocenters. The van der Waals surface area contributed by atoms with Crippen molar-refractivity contribution in [3.8, 4) is 5.75 Å². The number of nitrogens with zero attached hydrogens (tertiary/aromatic N) is 1. The van der Waals surface area contributed by atoms with Crippen LogP contribution < -0.4 is 10.5 Å². The minimum absolute atomic E-state index is 0.349. The van der Waals surface area contributed by atoms with Crippen LogP contribution in [0, 0.1) is 5.92 Å². The smallest absolute Gasteiger partial charge is 0.123 e. The Balaban J connectivity index is 1.59. The van der Waals surface area contributed by atoms with E-state index in [1.54, 1.807) is 0 Å². The molecule has 0 bridgehead atoms. The van der Waals surface area contributed by atoms with Crippen LogP contribution in [0.4, 0.5) is 0 Å². The molecule has 0 amide bonds. The number of hydrogen-bond donors (Lipinski definition) is 2. The van der Waals surface area contributed by atoms with Gasteiger partial charge in [-0.3, -0.25) is 4.90 Å². The number of nitrogens with two attached hydrogens (primary N) is 1. The molecule has 1 saturated carbocycles. The lowest BCUT2D eigenvalue weighted by molar-refractivity contribution is 0.00418. The van der Waals surface area contributed by atoms with Crippen molar-refractivity contribution in [3.05, 3.63) is 29.8 Å². The Hall–Kier alpha value is -1.10. The lowest BCUT2D eigenvalue weighted by Gasteiger charge is -2.30. The first-order chi connectivity index (χ1) is 10.2. The van der Waals surface area contributed by atoms with Gasteiger partial charge in [0.1, 0.15) is 12.4 Å². The highest BCUT2D eigenvalue weighted by Gasteiger charge is 2.39. The molecule has 1 fully saturated rings. The Morgan fingerprint density at radius 3 is 3.10 bits per heavy atom. The number of ether oxygens (including phenoxy) is 1. The molecular weight excluding hydrogens is 264 g/mol. The molecular formula is C17H26N2O2. The maximum Gasteiger partial charge on any atom is 0.123 e. The van der Waals surface area contributed by atoms with E-state index in [0.29, 0.717) is 12.5 Å². The lowest BCUT2D eigenvalue weighted by atomic mass is 9.88. The van der Waals surface area contributed by atoms with Gasteiger partial charge in [0.25, 0.3) is 0 Å². The van der Waals surface area contributed by atoms with Crippen molar-refractivity contribution in [2.75, 3.05) is 26.2 Å². The molecule has 1 aliphatic heterocycles. The first-order valence-electron chi connectivity index (χ1n) is 8.07. The monoisotopic (exact) mass is 290 g/mol. The van der Waals surface area contributed by atoms with E-state index < -0.39 is 5.60 Å². The summed E-state index contributed by atoms with van der Waals surface area (Å²) in [5, 5.41) is 10.5. The van der Waals surface area contributed by atoms with Crippen molar-refractivity contribution in [2.45, 2.75) is 37.8 Å². The van der Waals surface area contributed by atoms with Gasteiger partial charge in [-0.25, -0.2) is 0 Å². The van der Waals surface area contributed by atoms with Gasteiger partial charge in [0, 0.05) is 25.2 Å². The molecule has 1 aromatic carbocycles. The fraction of sp³-hybridized carbons (Fsp3) is 0.647. The van der Waals surface area contributed by atoms with Gasteiger partial charge in [0.2, 0.25) is 0 Å². The molecule has 1 heterocycles. The van der Waals surface area contributed by atoms with E-state index in [2.05, 4.69) is 17.0 Å². The first-order valence-corrected chi connectivity index (χ1v) is 8.07. The topological polar surface area (TPSA) is 58.7 Å². The van der Waals surface area contributed by atoms with Crippen molar-refractivity contribution >= 4 is 0 Å². The third-order valence-corrected chi connectivity index (χ3v) is 5.10. The highest BCUT2D eigenvalue weighted by atomic mass is 16.5. The van der Waals surface area contributed by atoms with Gasteiger partial charge in [0.15, 0.2) is 0 Å². The van der Waals surface area contributed by atoms with Crippen molar-refractivity contribution in [3.63, 3.8) is 0 Å². The predicted molar refractivity (Wildman–Crippen MR) is 83.2 cm³/mol. The highest BCUT2D eigenvalue weighted by molar-refractivity contribution is 5.33. The van der Waals surface area contributed by atoms with Gasteiger partial charge in [-0.1, -0.05) is 24.6 Å². The van der Waals surface area contributed by atoms with Gasteiger partial charge < -0.3 is 15.6 Å². The standard InChI is InChI=1S/C17H26N2O2/c18-13-17(20)8-3-5-15(17)7-9-19-10-11-21-16-6-2-1-4-14(16)12-19/h1-2,4,6,15,20H,3,5,7-13,18H2. The summed E-state index contributed by atoms with van der Waals surface area (Å²) < 4.78 is 5.80. The van der Waals surface area contributed by atoms with Crippen LogP contribution in [0.15, 0.2) is 24.3 Å². The van der Waals surface area contributed by atoms with E-state index in [9.17, 15) is 5.11 Å². The molecule has 0 saturated heterocycles. The molecule has 2 aliphatic rings. The van der Waals surface area contributed by atoms with Gasteiger partial charge in [-0.15, -0.1) is 0 Å². The summed E-state index contributed by atoms with van der Waals surface area (Å²) in [6.45, 7) is 4.02. The van der Waals surface area contributed by atoms with Crippen LogP contribution in [-0.4, -0.2) is 41.8 Å². The molecule has 116 valence electrons. The molecule has 4 nitrogen and oxygen atoms in total. The van der Waals surface area contributed by atoms with E-state index in [4.69, 9.17) is 10.5 Å². The highest BCUT2D eigenvalue weighted by Crippen LogP contribution is 2.37. The Labute approximate surface area is 126 Å². The molecule has 21 heavy (non-hydrogen) atoms. The van der Waals surface area contributed by atoms with Crippen LogP contribution in [0.2, 0.25) is 0 Å². The average molecular weight is 290 g/mol. The van der Waals surface area contributed by atoms with Gasteiger partial charge >= 0.3 is 0 Å². The van der Waals surface area contributed by atoms with Crippen LogP contribution in [0.1, 0.15) is 31.2 Å². The van der Waals surface area contributed by atoms with Gasteiger partial charge in [-0.05, 0) is 37.8 Å². The van der Waals surface area contributed by atoms with Crippen LogP contribution in [0.3, 0.4) is 0 Å². The molecule has 0 aromatic heterocycles. The fourth-order valence-corrected chi connectivity index (χ4v) is 3.72. The predicted octanol–water partition coefficient (Wildman–Crippen LogP) is 1.76. The largest absolute Gasteiger partial charge is 0.492 e. The van der Waals surface area contributed by atoms with E-state index >= 15 is 0 Å².